The van der Waals surface area contributed by atoms with E-state index in [1.54, 1.807) is 6.07 Å². The summed E-state index contributed by atoms with van der Waals surface area (Å²) < 4.78 is 47.8. The number of hydrogen-bond donors (Lipinski definition) is 0. The molecule has 0 fully saturated rings. The monoisotopic (exact) mass is 399 g/mol. The van der Waals surface area contributed by atoms with Gasteiger partial charge in [-0.25, -0.2) is 4.39 Å². The summed E-state index contributed by atoms with van der Waals surface area (Å²) >= 11 is 5.96. The van der Waals surface area contributed by atoms with Crippen LogP contribution >= 0.6 is 11.6 Å². The van der Waals surface area contributed by atoms with Crippen LogP contribution in [-0.4, -0.2) is 31.6 Å². The van der Waals surface area contributed by atoms with Crippen molar-refractivity contribution in [1.82, 2.24) is 4.90 Å². The molecule has 0 saturated carbocycles. The molecular formula is C19H17ClF3NO3. The van der Waals surface area contributed by atoms with Crippen LogP contribution < -0.4 is 9.47 Å². The van der Waals surface area contributed by atoms with Gasteiger partial charge in [-0.15, -0.1) is 0 Å². The Morgan fingerprint density at radius 3 is 2.63 bits per heavy atom. The Labute approximate surface area is 159 Å². The fourth-order valence-corrected chi connectivity index (χ4v) is 2.50. The molecule has 0 unspecified atom stereocenters. The highest BCUT2D eigenvalue weighted by Crippen LogP contribution is 2.30. The van der Waals surface area contributed by atoms with Gasteiger partial charge in [0.05, 0.1) is 7.11 Å². The SMILES string of the molecule is COc1cc(/C=C/C(=O)N(C)Cc2c(F)cccc2Cl)ccc1OC(F)F. The molecule has 0 heterocycles. The molecule has 1 amide bonds. The minimum atomic E-state index is -2.97. The first kappa shape index (κ1) is 20.6. The Kier molecular flexibility index (Phi) is 7.12. The summed E-state index contributed by atoms with van der Waals surface area (Å²) in [6.45, 7) is -2.97. The van der Waals surface area contributed by atoms with Gasteiger partial charge in [0.2, 0.25) is 5.91 Å². The van der Waals surface area contributed by atoms with Gasteiger partial charge in [-0.3, -0.25) is 4.79 Å². The van der Waals surface area contributed by atoms with Crippen molar-refractivity contribution in [2.24, 2.45) is 0 Å². The smallest absolute Gasteiger partial charge is 0.387 e. The molecule has 2 rings (SSSR count). The Morgan fingerprint density at radius 1 is 1.26 bits per heavy atom. The van der Waals surface area contributed by atoms with Gasteiger partial charge in [-0.1, -0.05) is 23.7 Å². The number of hydrogen-bond acceptors (Lipinski definition) is 3. The number of rotatable bonds is 7. The van der Waals surface area contributed by atoms with E-state index in [2.05, 4.69) is 4.74 Å². The van der Waals surface area contributed by atoms with Crippen molar-refractivity contribution >= 4 is 23.6 Å². The number of likely N-dealkylation sites (N-methyl/N-ethyl adjacent to an activating group) is 1. The molecule has 27 heavy (non-hydrogen) atoms. The fraction of sp³-hybridized carbons (Fsp3) is 0.211. The van der Waals surface area contributed by atoms with E-state index in [1.807, 2.05) is 0 Å². The average Bonchev–Trinajstić information content (AvgIpc) is 2.63. The summed E-state index contributed by atoms with van der Waals surface area (Å²) in [6.07, 6.45) is 2.76. The molecule has 0 N–H and O–H groups in total. The maximum absolute atomic E-state index is 13.8. The molecule has 2 aromatic carbocycles. The van der Waals surface area contributed by atoms with Crippen LogP contribution in [0.3, 0.4) is 0 Å². The molecule has 144 valence electrons. The predicted octanol–water partition coefficient (Wildman–Crippen LogP) is 4.76. The molecule has 8 heteroatoms. The molecule has 0 aliphatic rings. The largest absolute Gasteiger partial charge is 0.493 e. The molecule has 0 bridgehead atoms. The topological polar surface area (TPSA) is 38.8 Å². The van der Waals surface area contributed by atoms with E-state index < -0.39 is 12.4 Å². The van der Waals surface area contributed by atoms with Crippen LogP contribution in [-0.2, 0) is 11.3 Å². The van der Waals surface area contributed by atoms with Gasteiger partial charge in [0.25, 0.3) is 0 Å². The van der Waals surface area contributed by atoms with Crippen LogP contribution in [0.15, 0.2) is 42.5 Å². The normalized spacial score (nSPS) is 11.1. The molecule has 4 nitrogen and oxygen atoms in total. The lowest BCUT2D eigenvalue weighted by atomic mass is 10.1. The summed E-state index contributed by atoms with van der Waals surface area (Å²) in [6, 6.07) is 8.57. The number of halogens is 4. The summed E-state index contributed by atoms with van der Waals surface area (Å²) in [5.41, 5.74) is 0.762. The highest BCUT2D eigenvalue weighted by atomic mass is 35.5. The van der Waals surface area contributed by atoms with Gasteiger partial charge in [-0.05, 0) is 35.9 Å². The third-order valence-electron chi connectivity index (χ3n) is 3.66. The van der Waals surface area contributed by atoms with E-state index in [4.69, 9.17) is 16.3 Å². The highest BCUT2D eigenvalue weighted by molar-refractivity contribution is 6.31. The summed E-state index contributed by atoms with van der Waals surface area (Å²) in [5, 5.41) is 0.234. The van der Waals surface area contributed by atoms with Gasteiger partial charge >= 0.3 is 6.61 Å². The lowest BCUT2D eigenvalue weighted by molar-refractivity contribution is -0.125. The van der Waals surface area contributed by atoms with Crippen LogP contribution in [0, 0.1) is 5.82 Å². The number of benzene rings is 2. The van der Waals surface area contributed by atoms with Crippen molar-refractivity contribution in [3.05, 3.63) is 64.4 Å². The van der Waals surface area contributed by atoms with Crippen molar-refractivity contribution in [2.45, 2.75) is 13.2 Å². The van der Waals surface area contributed by atoms with Gasteiger partial charge in [0, 0.05) is 30.3 Å². The van der Waals surface area contributed by atoms with Crippen LogP contribution in [0.4, 0.5) is 13.2 Å². The molecule has 0 saturated heterocycles. The van der Waals surface area contributed by atoms with E-state index in [9.17, 15) is 18.0 Å². The maximum Gasteiger partial charge on any atom is 0.387 e. The maximum atomic E-state index is 13.8. The second kappa shape index (κ2) is 9.32. The highest BCUT2D eigenvalue weighted by Gasteiger charge is 2.13. The number of alkyl halides is 2. The Balaban J connectivity index is 2.09. The van der Waals surface area contributed by atoms with Crippen LogP contribution in [0.25, 0.3) is 6.08 Å². The second-order valence-electron chi connectivity index (χ2n) is 5.52. The molecule has 0 aliphatic heterocycles. The van der Waals surface area contributed by atoms with Crippen molar-refractivity contribution in [3.63, 3.8) is 0 Å². The minimum Gasteiger partial charge on any atom is -0.493 e. The number of ether oxygens (including phenoxy) is 2. The predicted molar refractivity (Wildman–Crippen MR) is 96.5 cm³/mol. The van der Waals surface area contributed by atoms with Gasteiger partial charge in [0.1, 0.15) is 5.82 Å². The molecule has 0 aliphatic carbocycles. The molecule has 2 aromatic rings. The number of nitrogens with zero attached hydrogens (tertiary/aromatic N) is 1. The van der Waals surface area contributed by atoms with Crippen LogP contribution in [0.5, 0.6) is 11.5 Å². The molecule has 0 atom stereocenters. The summed E-state index contributed by atoms with van der Waals surface area (Å²) in [7, 11) is 2.83. The lowest BCUT2D eigenvalue weighted by Crippen LogP contribution is -2.24. The third kappa shape index (κ3) is 5.65. The first-order valence-corrected chi connectivity index (χ1v) is 8.18. The van der Waals surface area contributed by atoms with E-state index in [-0.39, 0.29) is 34.5 Å². The second-order valence-corrected chi connectivity index (χ2v) is 5.92. The third-order valence-corrected chi connectivity index (χ3v) is 4.01. The molecular weight excluding hydrogens is 383 g/mol. The van der Waals surface area contributed by atoms with Crippen molar-refractivity contribution in [3.8, 4) is 11.5 Å². The average molecular weight is 400 g/mol. The first-order chi connectivity index (χ1) is 12.8. The van der Waals surface area contributed by atoms with Gasteiger partial charge < -0.3 is 14.4 Å². The molecule has 0 radical (unpaired) electrons. The first-order valence-electron chi connectivity index (χ1n) is 7.80. The van der Waals surface area contributed by atoms with E-state index in [0.29, 0.717) is 5.56 Å². The van der Waals surface area contributed by atoms with Crippen molar-refractivity contribution in [1.29, 1.82) is 0 Å². The lowest BCUT2D eigenvalue weighted by Gasteiger charge is -2.16. The zero-order chi connectivity index (χ0) is 20.0. The number of carbonyl (C=O) groups is 1. The van der Waals surface area contributed by atoms with Crippen molar-refractivity contribution in [2.75, 3.05) is 14.2 Å². The van der Waals surface area contributed by atoms with Crippen molar-refractivity contribution < 1.29 is 27.4 Å². The van der Waals surface area contributed by atoms with E-state index in [0.717, 1.165) is 0 Å². The quantitative estimate of drug-likeness (QED) is 0.630. The Morgan fingerprint density at radius 2 is 2.00 bits per heavy atom. The zero-order valence-electron chi connectivity index (χ0n) is 14.6. The fourth-order valence-electron chi connectivity index (χ4n) is 2.27. The summed E-state index contributed by atoms with van der Waals surface area (Å²) in [5.74, 6) is -0.884. The molecule has 0 spiro atoms. The van der Waals surface area contributed by atoms with Crippen LogP contribution in [0.2, 0.25) is 5.02 Å². The number of amides is 1. The number of carbonyl (C=O) groups excluding carboxylic acids is 1. The van der Waals surface area contributed by atoms with Gasteiger partial charge in [0.15, 0.2) is 11.5 Å². The summed E-state index contributed by atoms with van der Waals surface area (Å²) in [4.78, 5) is 13.5. The zero-order valence-corrected chi connectivity index (χ0v) is 15.3. The molecule has 0 aromatic heterocycles. The van der Waals surface area contributed by atoms with E-state index >= 15 is 0 Å². The van der Waals surface area contributed by atoms with Crippen LogP contribution in [0.1, 0.15) is 11.1 Å². The van der Waals surface area contributed by atoms with E-state index in [1.165, 1.54) is 61.5 Å². The minimum absolute atomic E-state index is 0.000826. The number of methoxy groups -OCH3 is 1. The van der Waals surface area contributed by atoms with Gasteiger partial charge in [-0.2, -0.15) is 8.78 Å². The standard InChI is InChI=1S/C19H17ClF3NO3/c1-24(11-13-14(20)4-3-5-15(13)21)18(25)9-7-12-6-8-16(27-19(22)23)17(10-12)26-2/h3-10,19H,11H2,1-2H3/b9-7+. The Hall–Kier alpha value is -2.67. The Bertz CT molecular complexity index is 823.